The molecule has 2 rings (SSSR count). The van der Waals surface area contributed by atoms with E-state index in [0.29, 0.717) is 5.57 Å². The molecule has 2 amide bonds. The number of esters is 1. The number of anilines is 1. The summed E-state index contributed by atoms with van der Waals surface area (Å²) >= 11 is 0. The molecule has 31 heavy (non-hydrogen) atoms. The lowest BCUT2D eigenvalue weighted by atomic mass is 9.88. The molecule has 0 saturated carbocycles. The highest BCUT2D eigenvalue weighted by Gasteiger charge is 2.34. The van der Waals surface area contributed by atoms with E-state index in [2.05, 4.69) is 5.32 Å². The number of carbonyl (C=O) groups excluding carboxylic acids is 3. The van der Waals surface area contributed by atoms with Crippen LogP contribution in [-0.2, 0) is 22.6 Å². The van der Waals surface area contributed by atoms with Crippen molar-refractivity contribution in [1.82, 2.24) is 4.90 Å². The summed E-state index contributed by atoms with van der Waals surface area (Å²) in [7, 11) is 2.88. The molecule has 7 nitrogen and oxygen atoms in total. The normalized spacial score (nSPS) is 12.9. The predicted molar refractivity (Wildman–Crippen MR) is 105 cm³/mol. The lowest BCUT2D eigenvalue weighted by Crippen LogP contribution is -2.29. The number of urea groups is 1. The molecular formula is C21H22F3N2O5-. The number of amides is 2. The third-order valence-corrected chi connectivity index (χ3v) is 4.94. The van der Waals surface area contributed by atoms with Crippen molar-refractivity contribution in [1.29, 1.82) is 0 Å². The second kappa shape index (κ2) is 9.67. The number of carboxylic acid groups (broad SMARTS) is 1. The molecule has 0 unspecified atom stereocenters. The van der Waals surface area contributed by atoms with Crippen LogP contribution in [0.5, 0.6) is 0 Å². The summed E-state index contributed by atoms with van der Waals surface area (Å²) < 4.78 is 46.1. The Labute approximate surface area is 177 Å². The summed E-state index contributed by atoms with van der Waals surface area (Å²) in [6.07, 6.45) is -1.26. The van der Waals surface area contributed by atoms with Crippen LogP contribution in [0.25, 0.3) is 5.83 Å². The van der Waals surface area contributed by atoms with E-state index in [1.807, 2.05) is 0 Å². The van der Waals surface area contributed by atoms with Crippen LogP contribution in [0.15, 0.2) is 17.7 Å². The highest BCUT2D eigenvalue weighted by molar-refractivity contribution is 6.06. The summed E-state index contributed by atoms with van der Waals surface area (Å²) in [6.45, 7) is 2.78. The zero-order chi connectivity index (χ0) is 23.5. The average molecular weight is 439 g/mol. The first-order valence-corrected chi connectivity index (χ1v) is 9.36. The Hall–Kier alpha value is -3.30. The lowest BCUT2D eigenvalue weighted by Gasteiger charge is -2.21. The van der Waals surface area contributed by atoms with E-state index in [1.165, 1.54) is 32.0 Å². The number of cyclic esters (lactones) is 1. The van der Waals surface area contributed by atoms with Gasteiger partial charge in [-0.15, -0.1) is 0 Å². The maximum Gasteiger partial charge on any atom is 0.341 e. The Morgan fingerprint density at radius 2 is 1.87 bits per heavy atom. The molecule has 1 aliphatic heterocycles. The van der Waals surface area contributed by atoms with E-state index < -0.39 is 35.4 Å². The molecule has 168 valence electrons. The Morgan fingerprint density at radius 1 is 1.23 bits per heavy atom. The molecule has 0 fully saturated rings. The van der Waals surface area contributed by atoms with E-state index in [9.17, 15) is 32.7 Å². The maximum absolute atomic E-state index is 14.6. The number of carboxylic acids is 1. The Morgan fingerprint density at radius 3 is 2.42 bits per heavy atom. The molecule has 0 radical (unpaired) electrons. The SMILES string of the molecule is C/C(=C\Cc1c(NC(=O)N(C)C)c2c(c(C)c1C(F)=C(F)F)COC2=O)CCC(=O)[O-]. The minimum absolute atomic E-state index is 0.0145. The van der Waals surface area contributed by atoms with Gasteiger partial charge in [-0.25, -0.2) is 14.0 Å². The van der Waals surface area contributed by atoms with Gasteiger partial charge in [0.25, 0.3) is 0 Å². The van der Waals surface area contributed by atoms with E-state index in [4.69, 9.17) is 4.74 Å². The van der Waals surface area contributed by atoms with Gasteiger partial charge in [0.2, 0.25) is 0 Å². The summed E-state index contributed by atoms with van der Waals surface area (Å²) in [4.78, 5) is 36.5. The highest BCUT2D eigenvalue weighted by Crippen LogP contribution is 2.41. The highest BCUT2D eigenvalue weighted by atomic mass is 19.3. The Kier molecular flexibility index (Phi) is 7.48. The minimum atomic E-state index is -2.54. The zero-order valence-corrected chi connectivity index (χ0v) is 17.5. The Balaban J connectivity index is 2.74. The van der Waals surface area contributed by atoms with Gasteiger partial charge in [0.1, 0.15) is 6.61 Å². The van der Waals surface area contributed by atoms with Crippen LogP contribution in [0.2, 0.25) is 0 Å². The number of benzene rings is 1. The van der Waals surface area contributed by atoms with Gasteiger partial charge in [-0.05, 0) is 44.2 Å². The zero-order valence-electron chi connectivity index (χ0n) is 17.5. The number of fused-ring (bicyclic) bond motifs is 1. The summed E-state index contributed by atoms with van der Waals surface area (Å²) in [6, 6.07) is -0.652. The third-order valence-electron chi connectivity index (χ3n) is 4.94. The number of nitrogens with one attached hydrogen (secondary N) is 1. The van der Waals surface area contributed by atoms with Crippen molar-refractivity contribution in [3.8, 4) is 0 Å². The van der Waals surface area contributed by atoms with Gasteiger partial charge in [0.15, 0.2) is 5.83 Å². The van der Waals surface area contributed by atoms with Crippen molar-refractivity contribution in [2.75, 3.05) is 19.4 Å². The van der Waals surface area contributed by atoms with Gasteiger partial charge in [-0.1, -0.05) is 11.6 Å². The molecule has 1 heterocycles. The molecule has 10 heteroatoms. The smallest absolute Gasteiger partial charge is 0.341 e. The number of halogens is 3. The van der Waals surface area contributed by atoms with E-state index >= 15 is 0 Å². The maximum atomic E-state index is 14.6. The van der Waals surface area contributed by atoms with E-state index in [-0.39, 0.29) is 53.8 Å². The standard InChI is InChI=1S/C21H23F3N2O5/c1-10(6-8-14(27)28)5-7-12-15(17(22)19(23)24)11(2)13-9-31-20(29)16(13)18(12)25-21(30)26(3)4/h5H,6-9H2,1-4H3,(H,25,30)(H,27,28)/p-1/b10-5+. The van der Waals surface area contributed by atoms with Crippen LogP contribution in [0.4, 0.5) is 23.7 Å². The fourth-order valence-electron chi connectivity index (χ4n) is 3.24. The molecular weight excluding hydrogens is 417 g/mol. The van der Waals surface area contributed by atoms with Crippen molar-refractivity contribution >= 4 is 29.5 Å². The van der Waals surface area contributed by atoms with E-state index in [1.54, 1.807) is 6.92 Å². The van der Waals surface area contributed by atoms with Gasteiger partial charge in [0, 0.05) is 31.2 Å². The number of allylic oxidation sites excluding steroid dienone is 2. The number of hydrogen-bond donors (Lipinski definition) is 1. The monoisotopic (exact) mass is 439 g/mol. The first-order chi connectivity index (χ1) is 14.5. The summed E-state index contributed by atoms with van der Waals surface area (Å²) in [5.74, 6) is -3.78. The molecule has 0 saturated heterocycles. The molecule has 0 aromatic heterocycles. The van der Waals surface area contributed by atoms with Gasteiger partial charge in [0.05, 0.1) is 11.3 Å². The molecule has 1 aromatic rings. The molecule has 0 bridgehead atoms. The second-order valence-corrected chi connectivity index (χ2v) is 7.31. The van der Waals surface area contributed by atoms with Gasteiger partial charge >= 0.3 is 18.1 Å². The predicted octanol–water partition coefficient (Wildman–Crippen LogP) is 3.31. The van der Waals surface area contributed by atoms with Crippen LogP contribution in [0.3, 0.4) is 0 Å². The topological polar surface area (TPSA) is 98.8 Å². The van der Waals surface area contributed by atoms with Crippen molar-refractivity contribution < 1.29 is 37.4 Å². The molecule has 1 aliphatic rings. The first kappa shape index (κ1) is 24.0. The van der Waals surface area contributed by atoms with Crippen LogP contribution in [-0.4, -0.2) is 37.0 Å². The molecule has 0 spiro atoms. The number of rotatable bonds is 7. The first-order valence-electron chi connectivity index (χ1n) is 9.36. The van der Waals surface area contributed by atoms with Crippen LogP contribution >= 0.6 is 0 Å². The largest absolute Gasteiger partial charge is 0.550 e. The second-order valence-electron chi connectivity index (χ2n) is 7.31. The lowest BCUT2D eigenvalue weighted by molar-refractivity contribution is -0.305. The minimum Gasteiger partial charge on any atom is -0.550 e. The van der Waals surface area contributed by atoms with Gasteiger partial charge in [-0.3, -0.25) is 0 Å². The number of aliphatic carboxylic acids is 1. The van der Waals surface area contributed by atoms with Crippen LogP contribution < -0.4 is 10.4 Å². The van der Waals surface area contributed by atoms with Crippen molar-refractivity contribution in [3.05, 3.63) is 45.5 Å². The van der Waals surface area contributed by atoms with Crippen molar-refractivity contribution in [2.45, 2.75) is 39.7 Å². The summed E-state index contributed by atoms with van der Waals surface area (Å²) in [5, 5.41) is 13.2. The number of hydrogen-bond acceptors (Lipinski definition) is 5. The third kappa shape index (κ3) is 5.25. The quantitative estimate of drug-likeness (QED) is 0.519. The summed E-state index contributed by atoms with van der Waals surface area (Å²) in [5.41, 5.74) is 0.303. The molecule has 0 aliphatic carbocycles. The van der Waals surface area contributed by atoms with Crippen LogP contribution in [0.1, 0.15) is 52.4 Å². The number of nitrogens with zero attached hydrogens (tertiary/aromatic N) is 1. The van der Waals surface area contributed by atoms with Gasteiger partial charge in [-0.2, -0.15) is 8.78 Å². The molecule has 1 aromatic carbocycles. The van der Waals surface area contributed by atoms with Crippen molar-refractivity contribution in [2.24, 2.45) is 0 Å². The number of ether oxygens (including phenoxy) is 1. The fraction of sp³-hybridized carbons (Fsp3) is 0.381. The average Bonchev–Trinajstić information content (AvgIpc) is 3.08. The molecule has 0 atom stereocenters. The Bertz CT molecular complexity index is 995. The van der Waals surface area contributed by atoms with Crippen LogP contribution in [0, 0.1) is 6.92 Å². The van der Waals surface area contributed by atoms with E-state index in [0.717, 1.165) is 0 Å². The molecule has 1 N–H and O–H groups in total. The van der Waals surface area contributed by atoms with Crippen molar-refractivity contribution in [3.63, 3.8) is 0 Å². The fourth-order valence-corrected chi connectivity index (χ4v) is 3.24. The number of carbonyl (C=O) groups is 3. The van der Waals surface area contributed by atoms with Gasteiger partial charge < -0.3 is 24.9 Å².